The number of nitriles is 1. The molecule has 5 rings (SSSR count). The van der Waals surface area contributed by atoms with Crippen LogP contribution in [0.5, 0.6) is 0 Å². The van der Waals surface area contributed by atoms with E-state index in [2.05, 4.69) is 42.6 Å². The zero-order chi connectivity index (χ0) is 33.0. The van der Waals surface area contributed by atoms with Crippen LogP contribution >= 0.6 is 0 Å². The lowest BCUT2D eigenvalue weighted by atomic mass is 9.67. The molecule has 12 nitrogen and oxygen atoms in total. The zero-order valence-corrected chi connectivity index (χ0v) is 27.2. The zero-order valence-electron chi connectivity index (χ0n) is 27.2. The third-order valence-electron chi connectivity index (χ3n) is 8.82. The normalized spacial score (nSPS) is 17.5. The van der Waals surface area contributed by atoms with Crippen LogP contribution in [-0.2, 0) is 23.1 Å². The summed E-state index contributed by atoms with van der Waals surface area (Å²) in [5.74, 6) is 0.0551. The van der Waals surface area contributed by atoms with Crippen LogP contribution in [0.2, 0.25) is 0 Å². The summed E-state index contributed by atoms with van der Waals surface area (Å²) >= 11 is 0. The van der Waals surface area contributed by atoms with Crippen molar-refractivity contribution in [3.8, 4) is 6.07 Å². The Bertz CT molecular complexity index is 1550. The Morgan fingerprint density at radius 1 is 0.978 bits per heavy atom. The van der Waals surface area contributed by atoms with Crippen molar-refractivity contribution in [2.75, 3.05) is 13.1 Å². The number of aromatic amines is 1. The number of hydrogen-bond donors (Lipinski definition) is 4. The van der Waals surface area contributed by atoms with Crippen LogP contribution in [0.4, 0.5) is 0 Å². The molecule has 0 unspecified atom stereocenters. The average molecular weight is 626 g/mol. The number of H-pyrrole nitrogens is 1. The minimum absolute atomic E-state index is 0.0111. The number of nitrogens with one attached hydrogen (secondary N) is 4. The highest BCUT2D eigenvalue weighted by Crippen LogP contribution is 2.47. The molecule has 2 atom stereocenters. The summed E-state index contributed by atoms with van der Waals surface area (Å²) < 4.78 is 0. The van der Waals surface area contributed by atoms with E-state index in [1.54, 1.807) is 4.90 Å². The quantitative estimate of drug-likeness (QED) is 0.267. The third kappa shape index (κ3) is 6.65. The molecule has 3 amide bonds. The lowest BCUT2D eigenvalue weighted by Crippen LogP contribution is -2.45. The molecule has 1 aliphatic carbocycles. The van der Waals surface area contributed by atoms with Crippen molar-refractivity contribution in [1.29, 1.82) is 5.26 Å². The molecule has 4 N–H and O–H groups in total. The fourth-order valence-electron chi connectivity index (χ4n) is 6.81. The van der Waals surface area contributed by atoms with Crippen molar-refractivity contribution in [3.05, 3.63) is 75.6 Å². The number of tetrazole rings is 1. The molecular weight excluding hydrogens is 582 g/mol. The summed E-state index contributed by atoms with van der Waals surface area (Å²) in [6, 6.07) is 13.1. The highest BCUT2D eigenvalue weighted by molar-refractivity contribution is 5.95. The number of carbonyl (C=O) groups excluding carboxylic acids is 3. The molecule has 3 aromatic rings. The molecule has 2 aliphatic rings. The highest BCUT2D eigenvalue weighted by atomic mass is 16.2. The van der Waals surface area contributed by atoms with E-state index in [-0.39, 0.29) is 48.4 Å². The lowest BCUT2D eigenvalue weighted by molar-refractivity contribution is -0.130. The fraction of sp³-hybridized carbons (Fsp3) is 0.500. The maximum Gasteiger partial charge on any atom is 0.251 e. The Morgan fingerprint density at radius 2 is 1.57 bits per heavy atom. The van der Waals surface area contributed by atoms with Gasteiger partial charge in [-0.2, -0.15) is 10.5 Å². The first kappa shape index (κ1) is 32.8. The van der Waals surface area contributed by atoms with Gasteiger partial charge in [0.05, 0.1) is 18.0 Å². The van der Waals surface area contributed by atoms with E-state index >= 15 is 0 Å². The Hall–Kier alpha value is -4.63. The molecule has 1 fully saturated rings. The Balaban J connectivity index is 1.59. The Kier molecular flexibility index (Phi) is 9.82. The number of rotatable bonds is 10. The maximum atomic E-state index is 13.1. The van der Waals surface area contributed by atoms with Gasteiger partial charge in [0, 0.05) is 35.8 Å². The van der Waals surface area contributed by atoms with E-state index < -0.39 is 5.41 Å². The molecule has 2 aromatic carbocycles. The minimum atomic E-state index is -0.924. The van der Waals surface area contributed by atoms with Crippen LogP contribution in [0, 0.1) is 11.3 Å². The van der Waals surface area contributed by atoms with E-state index in [0.717, 1.165) is 28.7 Å². The van der Waals surface area contributed by atoms with E-state index in [1.807, 2.05) is 71.0 Å². The summed E-state index contributed by atoms with van der Waals surface area (Å²) in [7, 11) is 0. The van der Waals surface area contributed by atoms with Crippen molar-refractivity contribution >= 4 is 17.7 Å². The molecule has 12 heteroatoms. The minimum Gasteiger partial charge on any atom is -0.350 e. The number of aromatic nitrogens is 4. The van der Waals surface area contributed by atoms with Gasteiger partial charge in [0.2, 0.25) is 5.91 Å². The SMILES string of the molecule is CC(C)NC(=O)c1ccc2c(c1)CCc1cc(C(=O)NC(C)C)ccc1C2(C[C@H](C)NCC(=O)N1CCC[C@H]1C#N)c1nn[nH]n1. The number of nitrogens with zero attached hydrogens (tertiary/aromatic N) is 5. The van der Waals surface area contributed by atoms with E-state index in [1.165, 1.54) is 0 Å². The van der Waals surface area contributed by atoms with Crippen LogP contribution in [-0.4, -0.2) is 80.5 Å². The second-order valence-electron chi connectivity index (χ2n) is 13.0. The van der Waals surface area contributed by atoms with E-state index in [4.69, 9.17) is 0 Å². The Morgan fingerprint density at radius 3 is 2.07 bits per heavy atom. The van der Waals surface area contributed by atoms with Crippen LogP contribution in [0.15, 0.2) is 36.4 Å². The van der Waals surface area contributed by atoms with E-state index in [9.17, 15) is 19.6 Å². The topological polar surface area (TPSA) is 169 Å². The fourth-order valence-corrected chi connectivity index (χ4v) is 6.81. The molecule has 242 valence electrons. The van der Waals surface area contributed by atoms with Crippen molar-refractivity contribution < 1.29 is 14.4 Å². The van der Waals surface area contributed by atoms with Gasteiger partial charge < -0.3 is 20.9 Å². The number of amides is 3. The molecule has 0 bridgehead atoms. The summed E-state index contributed by atoms with van der Waals surface area (Å²) in [6.07, 6.45) is 3.23. The van der Waals surface area contributed by atoms with Crippen molar-refractivity contribution in [3.63, 3.8) is 0 Å². The van der Waals surface area contributed by atoms with Gasteiger partial charge in [-0.15, -0.1) is 10.2 Å². The van der Waals surface area contributed by atoms with Gasteiger partial charge in [0.25, 0.3) is 11.8 Å². The maximum absolute atomic E-state index is 13.1. The average Bonchev–Trinajstić information content (AvgIpc) is 3.72. The number of benzene rings is 2. The number of aryl methyl sites for hydroxylation is 2. The molecule has 0 saturated carbocycles. The number of hydrogen-bond acceptors (Lipinski definition) is 8. The standard InChI is InChI=1S/C34H43N9O3/c1-20(2)37-31(45)25-10-12-28-23(15-25)8-9-24-16-26(32(46)38-21(3)4)11-13-29(24)34(28,33-39-41-42-40-33)17-22(5)36-19-30(44)43-14-6-7-27(43)18-35/h10-13,15-16,20-22,27,36H,6-9,14,17,19H2,1-5H3,(H,37,45)(H,38,46)(H,39,40,41,42)/t22-,27-/m0/s1. The molecule has 2 heterocycles. The number of carbonyl (C=O) groups is 3. The van der Waals surface area contributed by atoms with Gasteiger partial charge in [0.1, 0.15) is 6.04 Å². The van der Waals surface area contributed by atoms with Gasteiger partial charge >= 0.3 is 0 Å². The number of fused-ring (bicyclic) bond motifs is 2. The van der Waals surface area contributed by atoms with Crippen LogP contribution < -0.4 is 16.0 Å². The monoisotopic (exact) mass is 625 g/mol. The van der Waals surface area contributed by atoms with Crippen LogP contribution in [0.25, 0.3) is 0 Å². The molecule has 1 saturated heterocycles. The number of likely N-dealkylation sites (tertiary alicyclic amines) is 1. The second-order valence-corrected chi connectivity index (χ2v) is 13.0. The summed E-state index contributed by atoms with van der Waals surface area (Å²) in [5.41, 5.74) is 4.03. The molecule has 1 aliphatic heterocycles. The van der Waals surface area contributed by atoms with Gasteiger partial charge in [0.15, 0.2) is 5.82 Å². The third-order valence-corrected chi connectivity index (χ3v) is 8.82. The van der Waals surface area contributed by atoms with Gasteiger partial charge in [-0.25, -0.2) is 0 Å². The first-order valence-corrected chi connectivity index (χ1v) is 16.1. The first-order valence-electron chi connectivity index (χ1n) is 16.1. The molecule has 0 radical (unpaired) electrons. The Labute approximate surface area is 269 Å². The van der Waals surface area contributed by atoms with Crippen molar-refractivity contribution in [2.24, 2.45) is 0 Å². The lowest BCUT2D eigenvalue weighted by Gasteiger charge is -2.36. The highest BCUT2D eigenvalue weighted by Gasteiger charge is 2.46. The summed E-state index contributed by atoms with van der Waals surface area (Å²) in [4.78, 5) is 40.9. The summed E-state index contributed by atoms with van der Waals surface area (Å²) in [5, 5.41) is 34.5. The van der Waals surface area contributed by atoms with Crippen LogP contribution in [0.3, 0.4) is 0 Å². The first-order chi connectivity index (χ1) is 22.0. The predicted octanol–water partition coefficient (Wildman–Crippen LogP) is 2.79. The van der Waals surface area contributed by atoms with Gasteiger partial charge in [-0.3, -0.25) is 14.4 Å². The van der Waals surface area contributed by atoms with E-state index in [0.29, 0.717) is 49.2 Å². The molecule has 1 aromatic heterocycles. The second kappa shape index (κ2) is 13.8. The van der Waals surface area contributed by atoms with Gasteiger partial charge in [-0.1, -0.05) is 17.3 Å². The molecular formula is C34H43N9O3. The summed E-state index contributed by atoms with van der Waals surface area (Å²) in [6.45, 7) is 10.4. The smallest absolute Gasteiger partial charge is 0.251 e. The largest absolute Gasteiger partial charge is 0.350 e. The van der Waals surface area contributed by atoms with Crippen LogP contribution in [0.1, 0.15) is 103 Å². The van der Waals surface area contributed by atoms with Crippen molar-refractivity contribution in [2.45, 2.75) is 96.3 Å². The predicted molar refractivity (Wildman–Crippen MR) is 172 cm³/mol. The van der Waals surface area contributed by atoms with Crippen molar-refractivity contribution in [1.82, 2.24) is 41.5 Å². The molecule has 0 spiro atoms. The molecule has 46 heavy (non-hydrogen) atoms. The van der Waals surface area contributed by atoms with Gasteiger partial charge in [-0.05, 0) is 113 Å².